The predicted molar refractivity (Wildman–Crippen MR) is 115 cm³/mol. The molecule has 162 valence electrons. The number of piperidine rings is 1. The number of hydrogen-bond donors (Lipinski definition) is 2. The fourth-order valence-electron chi connectivity index (χ4n) is 3.88. The van der Waals surface area contributed by atoms with Gasteiger partial charge in [0.05, 0.1) is 7.11 Å². The van der Waals surface area contributed by atoms with Gasteiger partial charge in [0.15, 0.2) is 11.5 Å². The first-order chi connectivity index (χ1) is 14.0. The molecule has 0 saturated carbocycles. The molecule has 8 heteroatoms. The van der Waals surface area contributed by atoms with Crippen molar-refractivity contribution in [2.24, 2.45) is 11.7 Å². The molecule has 1 amide bonds. The lowest BCUT2D eigenvalue weighted by atomic mass is 9.96. The third kappa shape index (κ3) is 6.77. The summed E-state index contributed by atoms with van der Waals surface area (Å²) in [6.07, 6.45) is 1.12. The van der Waals surface area contributed by atoms with Crippen molar-refractivity contribution in [3.05, 3.63) is 23.8 Å². The fraction of sp³-hybridized carbons (Fsp3) is 0.667. The Morgan fingerprint density at radius 2 is 1.93 bits per heavy atom. The van der Waals surface area contributed by atoms with Crippen molar-refractivity contribution in [2.75, 3.05) is 57.9 Å². The zero-order valence-electron chi connectivity index (χ0n) is 17.2. The minimum atomic E-state index is -0.519. The molecule has 0 aromatic heterocycles. The third-order valence-electron chi connectivity index (χ3n) is 5.63. The van der Waals surface area contributed by atoms with Crippen LogP contribution in [0.5, 0.6) is 11.5 Å². The van der Waals surface area contributed by atoms with Crippen molar-refractivity contribution in [1.29, 1.82) is 0 Å². The van der Waals surface area contributed by atoms with Gasteiger partial charge >= 0.3 is 0 Å². The van der Waals surface area contributed by atoms with Crippen LogP contribution in [0.15, 0.2) is 18.2 Å². The van der Waals surface area contributed by atoms with Crippen LogP contribution in [0.4, 0.5) is 0 Å². The molecule has 3 rings (SSSR count). The number of likely N-dealkylation sites (tertiary alicyclic amines) is 1. The van der Waals surface area contributed by atoms with Gasteiger partial charge in [-0.2, -0.15) is 11.8 Å². The highest BCUT2D eigenvalue weighted by molar-refractivity contribution is 7.99. The minimum absolute atomic E-state index is 0.00619. The van der Waals surface area contributed by atoms with Gasteiger partial charge in [-0.1, -0.05) is 6.07 Å². The molecule has 2 aliphatic rings. The molecule has 1 aromatic carbocycles. The molecule has 2 heterocycles. The Labute approximate surface area is 177 Å². The minimum Gasteiger partial charge on any atom is -0.493 e. The number of hydrogen-bond acceptors (Lipinski definition) is 7. The van der Waals surface area contributed by atoms with E-state index in [4.69, 9.17) is 15.2 Å². The molecule has 0 bridgehead atoms. The zero-order chi connectivity index (χ0) is 20.6. The largest absolute Gasteiger partial charge is 0.493 e. The van der Waals surface area contributed by atoms with Gasteiger partial charge in [0, 0.05) is 43.6 Å². The molecule has 1 atom stereocenters. The van der Waals surface area contributed by atoms with E-state index in [0.717, 1.165) is 62.6 Å². The Balaban J connectivity index is 1.48. The van der Waals surface area contributed by atoms with Gasteiger partial charge in [0.1, 0.15) is 12.7 Å². The smallest absolute Gasteiger partial charge is 0.220 e. The first-order valence-corrected chi connectivity index (χ1v) is 11.5. The summed E-state index contributed by atoms with van der Waals surface area (Å²) in [4.78, 5) is 15.9. The van der Waals surface area contributed by atoms with Crippen molar-refractivity contribution in [2.45, 2.75) is 25.5 Å². The summed E-state index contributed by atoms with van der Waals surface area (Å²) in [5.74, 6) is 3.40. The standard InChI is InChI=1S/C21H33N3O4S/c1-27-20-12-16(13-23-6-4-17(5-7-23)21(22)26)2-3-19(20)28-15-18(25)14-24-8-10-29-11-9-24/h2-3,12,17-18,25H,4-11,13-15H2,1H3,(H2,22,26). The van der Waals surface area contributed by atoms with Crippen LogP contribution in [0.2, 0.25) is 0 Å². The Bertz CT molecular complexity index is 661. The highest BCUT2D eigenvalue weighted by Gasteiger charge is 2.23. The molecular formula is C21H33N3O4S. The second-order valence-electron chi connectivity index (χ2n) is 7.82. The Morgan fingerprint density at radius 3 is 2.59 bits per heavy atom. The van der Waals surface area contributed by atoms with Crippen molar-refractivity contribution >= 4 is 17.7 Å². The normalized spacial score (nSPS) is 20.3. The number of benzene rings is 1. The first-order valence-electron chi connectivity index (χ1n) is 10.3. The van der Waals surface area contributed by atoms with Gasteiger partial charge in [-0.05, 0) is 43.6 Å². The van der Waals surface area contributed by atoms with Crippen molar-refractivity contribution < 1.29 is 19.4 Å². The third-order valence-corrected chi connectivity index (χ3v) is 6.57. The molecule has 0 aliphatic carbocycles. The molecule has 1 aromatic rings. The number of nitrogens with zero attached hydrogens (tertiary/aromatic N) is 2. The lowest BCUT2D eigenvalue weighted by Crippen LogP contribution is -2.40. The van der Waals surface area contributed by atoms with Crippen molar-refractivity contribution in [3.63, 3.8) is 0 Å². The number of carbonyl (C=O) groups is 1. The summed E-state index contributed by atoms with van der Waals surface area (Å²) in [5.41, 5.74) is 6.55. The lowest BCUT2D eigenvalue weighted by molar-refractivity contribution is -0.123. The summed E-state index contributed by atoms with van der Waals surface area (Å²) < 4.78 is 11.4. The monoisotopic (exact) mass is 423 g/mol. The second kappa shape index (κ2) is 11.1. The molecule has 3 N–H and O–H groups in total. The lowest BCUT2D eigenvalue weighted by Gasteiger charge is -2.30. The Kier molecular flexibility index (Phi) is 8.47. The van der Waals surface area contributed by atoms with Gasteiger partial charge in [0.25, 0.3) is 0 Å². The van der Waals surface area contributed by atoms with E-state index in [1.165, 1.54) is 0 Å². The number of ether oxygens (including phenoxy) is 2. The van der Waals surface area contributed by atoms with Crippen LogP contribution < -0.4 is 15.2 Å². The van der Waals surface area contributed by atoms with Crippen LogP contribution in [0.1, 0.15) is 18.4 Å². The van der Waals surface area contributed by atoms with Gasteiger partial charge in [-0.15, -0.1) is 0 Å². The number of amides is 1. The number of β-amino-alcohol motifs (C(OH)–C–C–N with tert-alkyl or cyclic N) is 1. The van der Waals surface area contributed by atoms with E-state index in [-0.39, 0.29) is 18.4 Å². The Morgan fingerprint density at radius 1 is 1.21 bits per heavy atom. The maximum Gasteiger partial charge on any atom is 0.220 e. The zero-order valence-corrected chi connectivity index (χ0v) is 18.0. The molecule has 1 unspecified atom stereocenters. The highest BCUT2D eigenvalue weighted by Crippen LogP contribution is 2.29. The Hall–Kier alpha value is -1.48. The SMILES string of the molecule is COc1cc(CN2CCC(C(N)=O)CC2)ccc1OCC(O)CN1CCSCC1. The first kappa shape index (κ1) is 22.2. The van der Waals surface area contributed by atoms with E-state index in [1.54, 1.807) is 7.11 Å². The quantitative estimate of drug-likeness (QED) is 0.617. The van der Waals surface area contributed by atoms with Crippen molar-refractivity contribution in [1.82, 2.24) is 9.80 Å². The van der Waals surface area contributed by atoms with E-state index >= 15 is 0 Å². The molecule has 0 spiro atoms. The predicted octanol–water partition coefficient (Wildman–Crippen LogP) is 1.18. The molecule has 29 heavy (non-hydrogen) atoms. The fourth-order valence-corrected chi connectivity index (χ4v) is 4.86. The summed E-state index contributed by atoms with van der Waals surface area (Å²) >= 11 is 1.96. The van der Waals surface area contributed by atoms with E-state index < -0.39 is 6.10 Å². The number of aliphatic hydroxyl groups is 1. The topological polar surface area (TPSA) is 88.3 Å². The summed E-state index contributed by atoms with van der Waals surface area (Å²) in [6, 6.07) is 5.94. The molecular weight excluding hydrogens is 390 g/mol. The van der Waals surface area contributed by atoms with Crippen LogP contribution in [0, 0.1) is 5.92 Å². The molecule has 2 fully saturated rings. The van der Waals surface area contributed by atoms with E-state index in [0.29, 0.717) is 18.0 Å². The number of methoxy groups -OCH3 is 1. The van der Waals surface area contributed by atoms with Crippen LogP contribution in [-0.2, 0) is 11.3 Å². The van der Waals surface area contributed by atoms with E-state index in [9.17, 15) is 9.90 Å². The van der Waals surface area contributed by atoms with Crippen LogP contribution in [-0.4, -0.2) is 84.9 Å². The molecule has 2 aliphatic heterocycles. The number of aliphatic hydroxyl groups excluding tert-OH is 1. The number of thioether (sulfide) groups is 1. The average Bonchev–Trinajstić information content (AvgIpc) is 2.74. The van der Waals surface area contributed by atoms with Gasteiger partial charge < -0.3 is 20.3 Å². The van der Waals surface area contributed by atoms with E-state index in [1.807, 2.05) is 30.0 Å². The second-order valence-corrected chi connectivity index (χ2v) is 9.04. The molecule has 0 radical (unpaired) electrons. The van der Waals surface area contributed by atoms with Crippen LogP contribution in [0.25, 0.3) is 0 Å². The number of carbonyl (C=O) groups excluding carboxylic acids is 1. The molecule has 2 saturated heterocycles. The van der Waals surface area contributed by atoms with Crippen LogP contribution in [0.3, 0.4) is 0 Å². The maximum atomic E-state index is 11.3. The maximum absolute atomic E-state index is 11.3. The van der Waals surface area contributed by atoms with Gasteiger partial charge in [0.2, 0.25) is 5.91 Å². The van der Waals surface area contributed by atoms with Crippen molar-refractivity contribution in [3.8, 4) is 11.5 Å². The number of primary amides is 1. The average molecular weight is 424 g/mol. The number of rotatable bonds is 9. The van der Waals surface area contributed by atoms with E-state index in [2.05, 4.69) is 9.80 Å². The summed E-state index contributed by atoms with van der Waals surface area (Å²) in [6.45, 7) is 5.48. The summed E-state index contributed by atoms with van der Waals surface area (Å²) in [5, 5.41) is 10.3. The number of nitrogens with two attached hydrogens (primary N) is 1. The summed E-state index contributed by atoms with van der Waals surface area (Å²) in [7, 11) is 1.63. The van der Waals surface area contributed by atoms with Gasteiger partial charge in [-0.3, -0.25) is 14.6 Å². The molecule has 7 nitrogen and oxygen atoms in total. The highest BCUT2D eigenvalue weighted by atomic mass is 32.2. The van der Waals surface area contributed by atoms with Gasteiger partial charge in [-0.25, -0.2) is 0 Å². The van der Waals surface area contributed by atoms with Crippen LogP contribution >= 0.6 is 11.8 Å².